The van der Waals surface area contributed by atoms with Gasteiger partial charge in [-0.25, -0.2) is 0 Å². The second-order valence-corrected chi connectivity index (χ2v) is 6.72. The summed E-state index contributed by atoms with van der Waals surface area (Å²) in [5.74, 6) is 0.441. The van der Waals surface area contributed by atoms with E-state index in [4.69, 9.17) is 10.5 Å². The lowest BCUT2D eigenvalue weighted by Gasteiger charge is -2.27. The number of hydrogen-bond acceptors (Lipinski definition) is 4. The van der Waals surface area contributed by atoms with Crippen LogP contribution >= 0.6 is 0 Å². The molecule has 130 valence electrons. The minimum absolute atomic E-state index is 0.00835. The van der Waals surface area contributed by atoms with Gasteiger partial charge >= 0.3 is 0 Å². The molecule has 1 saturated heterocycles. The van der Waals surface area contributed by atoms with E-state index in [0.717, 1.165) is 37.1 Å². The van der Waals surface area contributed by atoms with Crippen molar-refractivity contribution in [2.45, 2.75) is 44.2 Å². The molecule has 2 fully saturated rings. The van der Waals surface area contributed by atoms with Gasteiger partial charge in [-0.15, -0.1) is 0 Å². The molecule has 3 N–H and O–H groups in total. The topological polar surface area (TPSA) is 84.7 Å². The third kappa shape index (κ3) is 3.70. The zero-order valence-electron chi connectivity index (χ0n) is 14.0. The van der Waals surface area contributed by atoms with Crippen LogP contribution in [-0.2, 0) is 9.59 Å². The molecule has 0 aromatic heterocycles. The van der Waals surface area contributed by atoms with Crippen LogP contribution in [0.15, 0.2) is 24.3 Å². The molecule has 3 rings (SSSR count). The average Bonchev–Trinajstić information content (AvgIpc) is 2.99. The van der Waals surface area contributed by atoms with Gasteiger partial charge in [0.2, 0.25) is 11.8 Å². The van der Waals surface area contributed by atoms with E-state index in [1.54, 1.807) is 12.0 Å². The maximum absolute atomic E-state index is 12.5. The summed E-state index contributed by atoms with van der Waals surface area (Å²) in [7, 11) is 1.61. The Labute approximate surface area is 142 Å². The fourth-order valence-corrected chi connectivity index (χ4v) is 3.48. The van der Waals surface area contributed by atoms with E-state index in [9.17, 15) is 9.59 Å². The van der Waals surface area contributed by atoms with Gasteiger partial charge in [0, 0.05) is 30.7 Å². The van der Waals surface area contributed by atoms with Gasteiger partial charge in [0.15, 0.2) is 0 Å². The summed E-state index contributed by atoms with van der Waals surface area (Å²) in [6.07, 6.45) is 4.02. The Bertz CT molecular complexity index is 594. The lowest BCUT2D eigenvalue weighted by atomic mass is 9.91. The first kappa shape index (κ1) is 16.8. The maximum atomic E-state index is 12.5. The molecule has 24 heavy (non-hydrogen) atoms. The minimum atomic E-state index is -0.282. The Balaban J connectivity index is 1.58. The second-order valence-electron chi connectivity index (χ2n) is 6.72. The smallest absolute Gasteiger partial charge is 0.227 e. The van der Waals surface area contributed by atoms with Gasteiger partial charge in [-0.2, -0.15) is 0 Å². The van der Waals surface area contributed by atoms with Gasteiger partial charge in [0.05, 0.1) is 13.0 Å². The van der Waals surface area contributed by atoms with Crippen LogP contribution in [0.5, 0.6) is 5.75 Å². The first-order chi connectivity index (χ1) is 11.6. The Morgan fingerprint density at radius 3 is 2.50 bits per heavy atom. The van der Waals surface area contributed by atoms with Gasteiger partial charge < -0.3 is 20.7 Å². The molecule has 6 nitrogen and oxygen atoms in total. The number of rotatable bonds is 4. The molecule has 1 aromatic carbocycles. The van der Waals surface area contributed by atoms with Gasteiger partial charge in [-0.05, 0) is 49.9 Å². The molecule has 1 aliphatic heterocycles. The number of nitrogens with zero attached hydrogens (tertiary/aromatic N) is 1. The Morgan fingerprint density at radius 2 is 1.88 bits per heavy atom. The van der Waals surface area contributed by atoms with E-state index in [2.05, 4.69) is 5.32 Å². The van der Waals surface area contributed by atoms with Crippen molar-refractivity contribution in [3.05, 3.63) is 24.3 Å². The van der Waals surface area contributed by atoms with Crippen LogP contribution in [0.2, 0.25) is 0 Å². The van der Waals surface area contributed by atoms with Crippen LogP contribution in [0.25, 0.3) is 0 Å². The first-order valence-corrected chi connectivity index (χ1v) is 8.57. The number of nitrogens with one attached hydrogen (secondary N) is 1. The molecule has 1 aromatic rings. The minimum Gasteiger partial charge on any atom is -0.497 e. The van der Waals surface area contributed by atoms with Crippen molar-refractivity contribution in [2.75, 3.05) is 18.6 Å². The van der Waals surface area contributed by atoms with Crippen LogP contribution in [0.3, 0.4) is 0 Å². The van der Waals surface area contributed by atoms with Gasteiger partial charge in [0.25, 0.3) is 0 Å². The molecule has 2 amide bonds. The molecular weight excluding hydrogens is 306 g/mol. The Hall–Kier alpha value is -2.08. The van der Waals surface area contributed by atoms with E-state index in [-0.39, 0.29) is 36.2 Å². The quantitative estimate of drug-likeness (QED) is 0.874. The molecule has 1 atom stereocenters. The summed E-state index contributed by atoms with van der Waals surface area (Å²) in [6.45, 7) is 0.434. The number of carbonyl (C=O) groups is 2. The zero-order chi connectivity index (χ0) is 17.1. The van der Waals surface area contributed by atoms with Crippen LogP contribution in [0.1, 0.15) is 32.1 Å². The van der Waals surface area contributed by atoms with Crippen molar-refractivity contribution < 1.29 is 14.3 Å². The fourth-order valence-electron chi connectivity index (χ4n) is 3.48. The third-order valence-corrected chi connectivity index (χ3v) is 5.00. The van der Waals surface area contributed by atoms with Crippen LogP contribution in [-0.4, -0.2) is 37.6 Å². The van der Waals surface area contributed by atoms with E-state index < -0.39 is 0 Å². The molecule has 6 heteroatoms. The van der Waals surface area contributed by atoms with Crippen molar-refractivity contribution in [3.8, 4) is 5.75 Å². The predicted molar refractivity (Wildman–Crippen MR) is 91.8 cm³/mol. The molecule has 2 aliphatic rings. The van der Waals surface area contributed by atoms with Crippen molar-refractivity contribution in [2.24, 2.45) is 11.7 Å². The highest BCUT2D eigenvalue weighted by atomic mass is 16.5. The van der Waals surface area contributed by atoms with Crippen LogP contribution in [0, 0.1) is 5.92 Å². The number of ether oxygens (including phenoxy) is 1. The number of benzene rings is 1. The van der Waals surface area contributed by atoms with Gasteiger partial charge in [0.1, 0.15) is 5.75 Å². The van der Waals surface area contributed by atoms with Crippen LogP contribution < -0.4 is 20.7 Å². The summed E-state index contributed by atoms with van der Waals surface area (Å²) < 4.78 is 5.13. The summed E-state index contributed by atoms with van der Waals surface area (Å²) in [6, 6.07) is 7.79. The lowest BCUT2D eigenvalue weighted by molar-refractivity contribution is -0.127. The lowest BCUT2D eigenvalue weighted by Crippen LogP contribution is -2.43. The standard InChI is InChI=1S/C18H25N3O3/c1-24-16-8-6-15(7-9-16)21-11-12(10-17(21)22)18(23)20-14-4-2-13(19)3-5-14/h6-9,12-14H,2-5,10-11,19H2,1H3,(H,20,23). The van der Waals surface area contributed by atoms with Crippen molar-refractivity contribution >= 4 is 17.5 Å². The van der Waals surface area contributed by atoms with Crippen molar-refractivity contribution in [3.63, 3.8) is 0 Å². The van der Waals surface area contributed by atoms with E-state index >= 15 is 0 Å². The number of amides is 2. The number of anilines is 1. The van der Waals surface area contributed by atoms with E-state index in [1.807, 2.05) is 24.3 Å². The number of nitrogens with two attached hydrogens (primary N) is 1. The molecule has 0 radical (unpaired) electrons. The van der Waals surface area contributed by atoms with Gasteiger partial charge in [-0.3, -0.25) is 9.59 Å². The third-order valence-electron chi connectivity index (χ3n) is 5.00. The number of carbonyl (C=O) groups excluding carboxylic acids is 2. The average molecular weight is 331 g/mol. The molecule has 0 bridgehead atoms. The monoisotopic (exact) mass is 331 g/mol. The Morgan fingerprint density at radius 1 is 1.21 bits per heavy atom. The molecule has 1 heterocycles. The highest BCUT2D eigenvalue weighted by Gasteiger charge is 2.36. The first-order valence-electron chi connectivity index (χ1n) is 8.57. The Kier molecular flexibility index (Phi) is 5.04. The molecule has 0 spiro atoms. The maximum Gasteiger partial charge on any atom is 0.227 e. The summed E-state index contributed by atoms with van der Waals surface area (Å²) >= 11 is 0. The number of methoxy groups -OCH3 is 1. The highest BCUT2D eigenvalue weighted by molar-refractivity contribution is 6.00. The molecule has 1 saturated carbocycles. The van der Waals surface area contributed by atoms with Crippen molar-refractivity contribution in [1.82, 2.24) is 5.32 Å². The fraction of sp³-hybridized carbons (Fsp3) is 0.556. The normalized spacial score (nSPS) is 27.2. The SMILES string of the molecule is COc1ccc(N2CC(C(=O)NC3CCC(N)CC3)CC2=O)cc1. The summed E-state index contributed by atoms with van der Waals surface area (Å²) in [5, 5.41) is 3.10. The summed E-state index contributed by atoms with van der Waals surface area (Å²) in [4.78, 5) is 26.4. The molecular formula is C18H25N3O3. The number of hydrogen-bond donors (Lipinski definition) is 2. The van der Waals surface area contributed by atoms with E-state index in [1.165, 1.54) is 0 Å². The van der Waals surface area contributed by atoms with Crippen molar-refractivity contribution in [1.29, 1.82) is 0 Å². The zero-order valence-corrected chi connectivity index (χ0v) is 14.0. The molecule has 1 unspecified atom stereocenters. The second kappa shape index (κ2) is 7.21. The van der Waals surface area contributed by atoms with Crippen LogP contribution in [0.4, 0.5) is 5.69 Å². The van der Waals surface area contributed by atoms with E-state index in [0.29, 0.717) is 6.54 Å². The predicted octanol–water partition coefficient (Wildman–Crippen LogP) is 1.43. The largest absolute Gasteiger partial charge is 0.497 e. The summed E-state index contributed by atoms with van der Waals surface area (Å²) in [5.41, 5.74) is 6.70. The molecule has 1 aliphatic carbocycles. The highest BCUT2D eigenvalue weighted by Crippen LogP contribution is 2.27. The van der Waals surface area contributed by atoms with Gasteiger partial charge in [-0.1, -0.05) is 0 Å².